The molecule has 3 rings (SSSR count). The van der Waals surface area contributed by atoms with E-state index in [9.17, 15) is 5.11 Å². The summed E-state index contributed by atoms with van der Waals surface area (Å²) in [5.41, 5.74) is 7.47. The van der Waals surface area contributed by atoms with Crippen LogP contribution in [-0.4, -0.2) is 11.7 Å². The van der Waals surface area contributed by atoms with Crippen LogP contribution in [0.3, 0.4) is 0 Å². The summed E-state index contributed by atoms with van der Waals surface area (Å²) in [5, 5.41) is 11.3. The standard InChI is InChI=1S/C17H25NO/c1-12-3-6-14(7-4-12)16(2,19)17(11-18)10-13-5-8-15(17)9-13/h3-4,6-7,13,15,19H,5,8-11,18H2,1-2H3. The second-order valence-corrected chi connectivity index (χ2v) is 6.88. The number of hydrogen-bond donors (Lipinski definition) is 2. The fourth-order valence-corrected chi connectivity index (χ4v) is 4.65. The molecule has 1 aromatic rings. The summed E-state index contributed by atoms with van der Waals surface area (Å²) in [5.74, 6) is 1.38. The van der Waals surface area contributed by atoms with Crippen LogP contribution in [0.4, 0.5) is 0 Å². The number of rotatable bonds is 3. The molecule has 4 atom stereocenters. The smallest absolute Gasteiger partial charge is 0.0939 e. The lowest BCUT2D eigenvalue weighted by atomic mass is 9.60. The van der Waals surface area contributed by atoms with Gasteiger partial charge >= 0.3 is 0 Å². The molecular formula is C17H25NO. The van der Waals surface area contributed by atoms with Gasteiger partial charge in [-0.25, -0.2) is 0 Å². The highest BCUT2D eigenvalue weighted by atomic mass is 16.3. The summed E-state index contributed by atoms with van der Waals surface area (Å²) in [6, 6.07) is 8.31. The van der Waals surface area contributed by atoms with Gasteiger partial charge in [-0.15, -0.1) is 0 Å². The van der Waals surface area contributed by atoms with Crippen molar-refractivity contribution in [2.45, 2.75) is 45.1 Å². The first-order valence-corrected chi connectivity index (χ1v) is 7.49. The van der Waals surface area contributed by atoms with Crippen molar-refractivity contribution >= 4 is 0 Å². The molecule has 2 nitrogen and oxygen atoms in total. The van der Waals surface area contributed by atoms with Crippen LogP contribution in [0.1, 0.15) is 43.7 Å². The van der Waals surface area contributed by atoms with Crippen molar-refractivity contribution in [2.75, 3.05) is 6.54 Å². The van der Waals surface area contributed by atoms with Crippen LogP contribution >= 0.6 is 0 Å². The Labute approximate surface area is 116 Å². The lowest BCUT2D eigenvalue weighted by Crippen LogP contribution is -2.51. The molecule has 4 unspecified atom stereocenters. The van der Waals surface area contributed by atoms with Gasteiger partial charge in [0.2, 0.25) is 0 Å². The Bertz CT molecular complexity index is 465. The first kappa shape index (κ1) is 13.1. The van der Waals surface area contributed by atoms with E-state index in [1.165, 1.54) is 24.8 Å². The van der Waals surface area contributed by atoms with Crippen LogP contribution in [0.2, 0.25) is 0 Å². The molecule has 2 bridgehead atoms. The largest absolute Gasteiger partial charge is 0.385 e. The molecule has 0 radical (unpaired) electrons. The van der Waals surface area contributed by atoms with Gasteiger partial charge in [0.25, 0.3) is 0 Å². The van der Waals surface area contributed by atoms with Crippen molar-refractivity contribution in [3.63, 3.8) is 0 Å². The highest BCUT2D eigenvalue weighted by molar-refractivity contribution is 5.30. The molecule has 2 heteroatoms. The quantitative estimate of drug-likeness (QED) is 0.876. The van der Waals surface area contributed by atoms with E-state index in [1.807, 2.05) is 6.92 Å². The SMILES string of the molecule is Cc1ccc(C(C)(O)C2(CN)CC3CCC2C3)cc1. The number of aliphatic hydroxyl groups is 1. The highest BCUT2D eigenvalue weighted by Crippen LogP contribution is 2.62. The molecule has 19 heavy (non-hydrogen) atoms. The maximum atomic E-state index is 11.3. The Morgan fingerprint density at radius 1 is 1.32 bits per heavy atom. The minimum Gasteiger partial charge on any atom is -0.385 e. The van der Waals surface area contributed by atoms with E-state index in [1.54, 1.807) is 0 Å². The Balaban J connectivity index is 2.00. The summed E-state index contributed by atoms with van der Waals surface area (Å²) in [4.78, 5) is 0. The topological polar surface area (TPSA) is 46.2 Å². The van der Waals surface area contributed by atoms with E-state index in [4.69, 9.17) is 5.73 Å². The van der Waals surface area contributed by atoms with Gasteiger partial charge in [-0.05, 0) is 50.5 Å². The van der Waals surface area contributed by atoms with Crippen LogP contribution in [0, 0.1) is 24.2 Å². The van der Waals surface area contributed by atoms with Gasteiger partial charge in [0.1, 0.15) is 0 Å². The molecule has 2 saturated carbocycles. The number of fused-ring (bicyclic) bond motifs is 2. The summed E-state index contributed by atoms with van der Waals surface area (Å²) in [6.45, 7) is 4.65. The molecule has 0 amide bonds. The average Bonchev–Trinajstić information content (AvgIpc) is 3.00. The lowest BCUT2D eigenvalue weighted by Gasteiger charge is -2.48. The van der Waals surface area contributed by atoms with Crippen LogP contribution in [-0.2, 0) is 5.60 Å². The maximum absolute atomic E-state index is 11.3. The molecule has 2 aliphatic rings. The van der Waals surface area contributed by atoms with Gasteiger partial charge in [0, 0.05) is 12.0 Å². The fourth-order valence-electron chi connectivity index (χ4n) is 4.65. The molecule has 2 fully saturated rings. The van der Waals surface area contributed by atoms with Gasteiger partial charge in [-0.3, -0.25) is 0 Å². The maximum Gasteiger partial charge on any atom is 0.0939 e. The zero-order valence-electron chi connectivity index (χ0n) is 12.0. The summed E-state index contributed by atoms with van der Waals surface area (Å²) in [7, 11) is 0. The minimum absolute atomic E-state index is 0.120. The van der Waals surface area contributed by atoms with Gasteiger partial charge in [-0.1, -0.05) is 36.2 Å². The van der Waals surface area contributed by atoms with Crippen LogP contribution < -0.4 is 5.73 Å². The molecule has 0 spiro atoms. The fraction of sp³-hybridized carbons (Fsp3) is 0.647. The lowest BCUT2D eigenvalue weighted by molar-refractivity contribution is -0.103. The summed E-state index contributed by atoms with van der Waals surface area (Å²) < 4.78 is 0. The van der Waals surface area contributed by atoms with E-state index in [0.717, 1.165) is 17.9 Å². The number of aryl methyl sites for hydroxylation is 1. The summed E-state index contributed by atoms with van der Waals surface area (Å²) >= 11 is 0. The minimum atomic E-state index is -0.810. The molecular weight excluding hydrogens is 234 g/mol. The van der Waals surface area contributed by atoms with Crippen molar-refractivity contribution in [1.82, 2.24) is 0 Å². The average molecular weight is 259 g/mol. The highest BCUT2D eigenvalue weighted by Gasteiger charge is 2.59. The van der Waals surface area contributed by atoms with Crippen molar-refractivity contribution in [1.29, 1.82) is 0 Å². The van der Waals surface area contributed by atoms with Gasteiger partial charge in [-0.2, -0.15) is 0 Å². The molecule has 2 aliphatic carbocycles. The second-order valence-electron chi connectivity index (χ2n) is 6.88. The molecule has 104 valence electrons. The van der Waals surface area contributed by atoms with Crippen LogP contribution in [0.15, 0.2) is 24.3 Å². The Kier molecular flexibility index (Phi) is 2.99. The van der Waals surface area contributed by atoms with Gasteiger partial charge < -0.3 is 10.8 Å². The Morgan fingerprint density at radius 3 is 2.47 bits per heavy atom. The van der Waals surface area contributed by atoms with Crippen LogP contribution in [0.5, 0.6) is 0 Å². The monoisotopic (exact) mass is 259 g/mol. The van der Waals surface area contributed by atoms with E-state index in [2.05, 4.69) is 31.2 Å². The first-order valence-electron chi connectivity index (χ1n) is 7.49. The van der Waals surface area contributed by atoms with Gasteiger partial charge in [0.05, 0.1) is 5.60 Å². The predicted octanol–water partition coefficient (Wildman–Crippen LogP) is 2.97. The van der Waals surface area contributed by atoms with E-state index < -0.39 is 5.60 Å². The zero-order chi connectivity index (χ0) is 13.7. The van der Waals surface area contributed by atoms with Gasteiger partial charge in [0.15, 0.2) is 0 Å². The third-order valence-corrected chi connectivity index (χ3v) is 5.92. The second kappa shape index (κ2) is 4.32. The van der Waals surface area contributed by atoms with Crippen molar-refractivity contribution in [3.8, 4) is 0 Å². The molecule has 1 aromatic carbocycles. The number of nitrogens with two attached hydrogens (primary N) is 1. The predicted molar refractivity (Wildman–Crippen MR) is 77.7 cm³/mol. The third-order valence-electron chi connectivity index (χ3n) is 5.92. The number of hydrogen-bond acceptors (Lipinski definition) is 2. The Hall–Kier alpha value is -0.860. The third kappa shape index (κ3) is 1.77. The summed E-state index contributed by atoms with van der Waals surface area (Å²) in [6.07, 6.45) is 4.93. The van der Waals surface area contributed by atoms with Crippen LogP contribution in [0.25, 0.3) is 0 Å². The number of benzene rings is 1. The molecule has 0 saturated heterocycles. The van der Waals surface area contributed by atoms with Crippen molar-refractivity contribution in [3.05, 3.63) is 35.4 Å². The van der Waals surface area contributed by atoms with Crippen molar-refractivity contribution < 1.29 is 5.11 Å². The molecule has 0 aromatic heterocycles. The van der Waals surface area contributed by atoms with E-state index in [-0.39, 0.29) is 5.41 Å². The zero-order valence-corrected chi connectivity index (χ0v) is 12.0. The molecule has 3 N–H and O–H groups in total. The van der Waals surface area contributed by atoms with E-state index >= 15 is 0 Å². The normalized spacial score (nSPS) is 36.4. The first-order chi connectivity index (χ1) is 8.99. The Morgan fingerprint density at radius 2 is 2.00 bits per heavy atom. The molecule has 0 aliphatic heterocycles. The van der Waals surface area contributed by atoms with Crippen molar-refractivity contribution in [2.24, 2.45) is 23.0 Å². The molecule has 0 heterocycles. The van der Waals surface area contributed by atoms with E-state index in [0.29, 0.717) is 12.5 Å².